The summed E-state index contributed by atoms with van der Waals surface area (Å²) < 4.78 is 4.72. The Kier molecular flexibility index (Phi) is 6.44. The number of carbonyl (C=O) groups is 2. The number of nitrogens with one attached hydrogen (secondary N) is 1. The molecule has 0 radical (unpaired) electrons. The molecule has 3 rings (SSSR count). The number of esters is 1. The van der Waals surface area contributed by atoms with Crippen LogP contribution in [0.15, 0.2) is 72.8 Å². The van der Waals surface area contributed by atoms with Gasteiger partial charge in [-0.1, -0.05) is 45.0 Å². The van der Waals surface area contributed by atoms with Gasteiger partial charge in [-0.25, -0.2) is 4.79 Å². The largest absolute Gasteiger partial charge is 0.465 e. The molecule has 0 heterocycles. The van der Waals surface area contributed by atoms with Crippen LogP contribution in [0.4, 0.5) is 17.1 Å². The van der Waals surface area contributed by atoms with E-state index in [1.165, 1.54) is 7.11 Å². The number of rotatable bonds is 5. The zero-order valence-electron chi connectivity index (χ0n) is 18.6. The Labute approximate surface area is 183 Å². The van der Waals surface area contributed by atoms with E-state index >= 15 is 0 Å². The maximum atomic E-state index is 13.0. The zero-order valence-corrected chi connectivity index (χ0v) is 18.6. The molecule has 0 spiro atoms. The third kappa shape index (κ3) is 5.12. The molecule has 0 aliphatic carbocycles. The van der Waals surface area contributed by atoms with Gasteiger partial charge in [-0.15, -0.1) is 0 Å². The molecule has 0 aliphatic heterocycles. The molecule has 0 atom stereocenters. The second-order valence-corrected chi connectivity index (χ2v) is 8.40. The molecule has 5 heteroatoms. The Morgan fingerprint density at radius 1 is 0.871 bits per heavy atom. The Morgan fingerprint density at radius 3 is 2.06 bits per heavy atom. The lowest BCUT2D eigenvalue weighted by Crippen LogP contribution is -2.19. The van der Waals surface area contributed by atoms with E-state index in [1.54, 1.807) is 24.3 Å². The molecule has 31 heavy (non-hydrogen) atoms. The summed E-state index contributed by atoms with van der Waals surface area (Å²) in [6, 6.07) is 22.5. The first-order valence-electron chi connectivity index (χ1n) is 10.1. The van der Waals surface area contributed by atoms with Crippen molar-refractivity contribution in [2.24, 2.45) is 0 Å². The molecule has 0 saturated heterocycles. The molecule has 3 aromatic carbocycles. The molecular formula is C26H28N2O3. The van der Waals surface area contributed by atoms with E-state index in [-0.39, 0.29) is 11.3 Å². The minimum absolute atomic E-state index is 0.0640. The van der Waals surface area contributed by atoms with Crippen molar-refractivity contribution in [3.8, 4) is 0 Å². The third-order valence-electron chi connectivity index (χ3n) is 5.18. The highest BCUT2D eigenvalue weighted by atomic mass is 16.5. The number of ether oxygens (including phenoxy) is 1. The first-order valence-corrected chi connectivity index (χ1v) is 10.1. The lowest BCUT2D eigenvalue weighted by molar-refractivity contribution is 0.0600. The summed E-state index contributed by atoms with van der Waals surface area (Å²) in [4.78, 5) is 26.7. The number of carbonyl (C=O) groups excluding carboxylic acids is 2. The summed E-state index contributed by atoms with van der Waals surface area (Å²) in [5.74, 6) is -0.679. The highest BCUT2D eigenvalue weighted by Crippen LogP contribution is 2.35. The predicted molar refractivity (Wildman–Crippen MR) is 125 cm³/mol. The Balaban J connectivity index is 1.95. The second-order valence-electron chi connectivity index (χ2n) is 8.40. The summed E-state index contributed by atoms with van der Waals surface area (Å²) in [5.41, 5.74) is 4.55. The van der Waals surface area contributed by atoms with Crippen molar-refractivity contribution in [3.63, 3.8) is 0 Å². The monoisotopic (exact) mass is 416 g/mol. The van der Waals surface area contributed by atoms with Crippen LogP contribution in [0.1, 0.15) is 47.1 Å². The van der Waals surface area contributed by atoms with E-state index in [1.807, 2.05) is 54.4 Å². The lowest BCUT2D eigenvalue weighted by Gasteiger charge is -2.26. The molecule has 5 nitrogen and oxygen atoms in total. The number of nitrogens with zero attached hydrogens (tertiary/aromatic N) is 1. The quantitative estimate of drug-likeness (QED) is 0.535. The SMILES string of the molecule is COC(=O)c1ccc(C(=O)Nc2cc(C(C)(C)C)ccc2N(C)c2ccccc2)cc1. The molecule has 1 N–H and O–H groups in total. The van der Waals surface area contributed by atoms with Gasteiger partial charge in [0.05, 0.1) is 24.0 Å². The molecule has 0 aliphatic rings. The first kappa shape index (κ1) is 22.1. The first-order chi connectivity index (χ1) is 14.7. The van der Waals surface area contributed by atoms with Crippen molar-refractivity contribution in [1.82, 2.24) is 0 Å². The summed E-state index contributed by atoms with van der Waals surface area (Å²) in [6.07, 6.45) is 0. The van der Waals surface area contributed by atoms with E-state index in [2.05, 4.69) is 32.2 Å². The standard InChI is InChI=1S/C26H28N2O3/c1-26(2,3)20-15-16-23(28(4)21-9-7-6-8-10-21)22(17-20)27-24(29)18-11-13-19(14-12-18)25(30)31-5/h6-17H,1-5H3,(H,27,29). The number of anilines is 3. The summed E-state index contributed by atoms with van der Waals surface area (Å²) in [6.45, 7) is 6.42. The van der Waals surface area contributed by atoms with Crippen LogP contribution < -0.4 is 10.2 Å². The van der Waals surface area contributed by atoms with Crippen LogP contribution in [0.2, 0.25) is 0 Å². The zero-order chi connectivity index (χ0) is 22.6. The molecule has 0 unspecified atom stereocenters. The Bertz CT molecular complexity index is 1070. The van der Waals surface area contributed by atoms with Gasteiger partial charge >= 0.3 is 5.97 Å². The molecule has 160 valence electrons. The normalized spacial score (nSPS) is 11.0. The highest BCUT2D eigenvalue weighted by Gasteiger charge is 2.19. The lowest BCUT2D eigenvalue weighted by atomic mass is 9.86. The summed E-state index contributed by atoms with van der Waals surface area (Å²) >= 11 is 0. The minimum atomic E-state index is -0.434. The molecule has 3 aromatic rings. The van der Waals surface area contributed by atoms with Crippen LogP contribution in [-0.2, 0) is 10.2 Å². The van der Waals surface area contributed by atoms with Gasteiger partial charge < -0.3 is 15.0 Å². The topological polar surface area (TPSA) is 58.6 Å². The second kappa shape index (κ2) is 9.04. The van der Waals surface area contributed by atoms with Crippen LogP contribution >= 0.6 is 0 Å². The fourth-order valence-electron chi connectivity index (χ4n) is 3.26. The molecule has 0 saturated carbocycles. The number of hydrogen-bond donors (Lipinski definition) is 1. The van der Waals surface area contributed by atoms with Crippen molar-refractivity contribution < 1.29 is 14.3 Å². The number of methoxy groups -OCH3 is 1. The van der Waals surface area contributed by atoms with Crippen molar-refractivity contribution in [2.45, 2.75) is 26.2 Å². The average molecular weight is 417 g/mol. The summed E-state index contributed by atoms with van der Waals surface area (Å²) in [7, 11) is 3.30. The van der Waals surface area contributed by atoms with Crippen LogP contribution in [0, 0.1) is 0 Å². The van der Waals surface area contributed by atoms with Crippen LogP contribution in [-0.4, -0.2) is 26.0 Å². The molecule has 0 fully saturated rings. The van der Waals surface area contributed by atoms with Crippen molar-refractivity contribution in [1.29, 1.82) is 0 Å². The van der Waals surface area contributed by atoms with Crippen LogP contribution in [0.25, 0.3) is 0 Å². The number of hydrogen-bond acceptors (Lipinski definition) is 4. The maximum Gasteiger partial charge on any atom is 0.337 e. The van der Waals surface area contributed by atoms with E-state index in [0.717, 1.165) is 22.6 Å². The molecular weight excluding hydrogens is 388 g/mol. The number of para-hydroxylation sites is 1. The highest BCUT2D eigenvalue weighted by molar-refractivity contribution is 6.06. The van der Waals surface area contributed by atoms with Gasteiger partial charge in [0, 0.05) is 18.3 Å². The van der Waals surface area contributed by atoms with Crippen molar-refractivity contribution in [3.05, 3.63) is 89.5 Å². The van der Waals surface area contributed by atoms with Crippen molar-refractivity contribution in [2.75, 3.05) is 24.4 Å². The van der Waals surface area contributed by atoms with Gasteiger partial charge in [-0.3, -0.25) is 4.79 Å². The van der Waals surface area contributed by atoms with Crippen LogP contribution in [0.3, 0.4) is 0 Å². The number of benzene rings is 3. The number of amides is 1. The third-order valence-corrected chi connectivity index (χ3v) is 5.18. The summed E-state index contributed by atoms with van der Waals surface area (Å²) in [5, 5.41) is 3.06. The van der Waals surface area contributed by atoms with Gasteiger partial charge in [0.15, 0.2) is 0 Å². The van der Waals surface area contributed by atoms with E-state index < -0.39 is 5.97 Å². The molecule has 1 amide bonds. The van der Waals surface area contributed by atoms with E-state index in [0.29, 0.717) is 11.1 Å². The average Bonchev–Trinajstić information content (AvgIpc) is 2.78. The van der Waals surface area contributed by atoms with E-state index in [4.69, 9.17) is 4.74 Å². The van der Waals surface area contributed by atoms with Gasteiger partial charge in [0.1, 0.15) is 0 Å². The molecule has 0 aromatic heterocycles. The fraction of sp³-hybridized carbons (Fsp3) is 0.231. The van der Waals surface area contributed by atoms with Gasteiger partial charge in [0.25, 0.3) is 5.91 Å². The van der Waals surface area contributed by atoms with Crippen LogP contribution in [0.5, 0.6) is 0 Å². The Hall–Kier alpha value is -3.60. The van der Waals surface area contributed by atoms with Crippen molar-refractivity contribution >= 4 is 28.9 Å². The van der Waals surface area contributed by atoms with E-state index in [9.17, 15) is 9.59 Å². The molecule has 0 bridgehead atoms. The predicted octanol–water partition coefficient (Wildman–Crippen LogP) is 5.79. The fourth-order valence-corrected chi connectivity index (χ4v) is 3.26. The minimum Gasteiger partial charge on any atom is -0.465 e. The Morgan fingerprint density at radius 2 is 1.48 bits per heavy atom. The van der Waals surface area contributed by atoms with Gasteiger partial charge in [-0.2, -0.15) is 0 Å². The van der Waals surface area contributed by atoms with Gasteiger partial charge in [-0.05, 0) is 59.5 Å². The smallest absolute Gasteiger partial charge is 0.337 e. The maximum absolute atomic E-state index is 13.0. The van der Waals surface area contributed by atoms with Gasteiger partial charge in [0.2, 0.25) is 0 Å².